The number of nitrogens with two attached hydrogens (primary N) is 1. The van der Waals surface area contributed by atoms with Crippen LogP contribution in [0.4, 0.5) is 11.4 Å². The Hall–Kier alpha value is -1.75. The number of amides is 1. The Morgan fingerprint density at radius 1 is 1.44 bits per heavy atom. The van der Waals surface area contributed by atoms with Crippen LogP contribution in [0.1, 0.15) is 12.8 Å². The molecule has 0 saturated carbocycles. The number of nitrogens with zero attached hydrogens (tertiary/aromatic N) is 1. The van der Waals surface area contributed by atoms with Gasteiger partial charge in [-0.15, -0.1) is 0 Å². The maximum atomic E-state index is 11.5. The number of unbranched alkanes of at least 4 members (excludes halogenated alkanes) is 1. The predicted molar refractivity (Wildman–Crippen MR) is 72.1 cm³/mol. The summed E-state index contributed by atoms with van der Waals surface area (Å²) in [5.41, 5.74) is 7.26. The van der Waals surface area contributed by atoms with E-state index < -0.39 is 0 Å². The summed E-state index contributed by atoms with van der Waals surface area (Å²) in [6, 6.07) is 5.79. The fourth-order valence-electron chi connectivity index (χ4n) is 1.88. The molecule has 3 N–H and O–H groups in total. The number of carbonyl (C=O) groups is 1. The molecule has 0 aliphatic carbocycles. The lowest BCUT2D eigenvalue weighted by molar-refractivity contribution is -0.120. The quantitative estimate of drug-likeness (QED) is 0.769. The molecule has 0 atom stereocenters. The molecule has 0 saturated heterocycles. The predicted octanol–water partition coefficient (Wildman–Crippen LogP) is 1.19. The smallest absolute Gasteiger partial charge is 0.264 e. The van der Waals surface area contributed by atoms with Gasteiger partial charge < -0.3 is 20.7 Å². The van der Waals surface area contributed by atoms with Crippen molar-refractivity contribution in [3.05, 3.63) is 18.2 Å². The molecule has 5 heteroatoms. The number of hydrogen-bond acceptors (Lipinski definition) is 4. The molecule has 1 aromatic carbocycles. The number of carbonyl (C=O) groups excluding carboxylic acids is 1. The second kappa shape index (κ2) is 5.73. The van der Waals surface area contributed by atoms with Crippen LogP contribution in [0.5, 0.6) is 5.75 Å². The number of rotatable bonds is 5. The average molecular weight is 249 g/mol. The van der Waals surface area contributed by atoms with Gasteiger partial charge in [0.05, 0.1) is 5.69 Å². The average Bonchev–Trinajstić information content (AvgIpc) is 2.39. The first-order valence-corrected chi connectivity index (χ1v) is 6.19. The van der Waals surface area contributed by atoms with E-state index in [2.05, 4.69) is 5.32 Å². The van der Waals surface area contributed by atoms with Gasteiger partial charge in [-0.2, -0.15) is 0 Å². The van der Waals surface area contributed by atoms with Gasteiger partial charge in [0.2, 0.25) is 0 Å². The van der Waals surface area contributed by atoms with E-state index in [9.17, 15) is 4.79 Å². The van der Waals surface area contributed by atoms with Crippen LogP contribution in [0.15, 0.2) is 18.2 Å². The Bertz CT molecular complexity index is 434. The third-order valence-electron chi connectivity index (χ3n) is 3.01. The monoisotopic (exact) mass is 249 g/mol. The van der Waals surface area contributed by atoms with Crippen LogP contribution in [0.2, 0.25) is 0 Å². The molecular formula is C13H19N3O2. The highest BCUT2D eigenvalue weighted by molar-refractivity contribution is 5.97. The normalized spacial score (nSPS) is 14.1. The van der Waals surface area contributed by atoms with E-state index in [-0.39, 0.29) is 12.5 Å². The zero-order valence-corrected chi connectivity index (χ0v) is 10.6. The van der Waals surface area contributed by atoms with E-state index in [1.165, 1.54) is 0 Å². The molecule has 0 unspecified atom stereocenters. The van der Waals surface area contributed by atoms with Crippen molar-refractivity contribution in [1.29, 1.82) is 0 Å². The van der Waals surface area contributed by atoms with Crippen molar-refractivity contribution >= 4 is 17.3 Å². The molecule has 18 heavy (non-hydrogen) atoms. The summed E-state index contributed by atoms with van der Waals surface area (Å²) < 4.78 is 5.37. The van der Waals surface area contributed by atoms with Crippen LogP contribution < -0.4 is 20.7 Å². The van der Waals surface area contributed by atoms with Crippen LogP contribution in [-0.4, -0.2) is 32.7 Å². The highest BCUT2D eigenvalue weighted by atomic mass is 16.5. The van der Waals surface area contributed by atoms with Gasteiger partial charge in [-0.3, -0.25) is 4.79 Å². The summed E-state index contributed by atoms with van der Waals surface area (Å²) in [4.78, 5) is 13.2. The summed E-state index contributed by atoms with van der Waals surface area (Å²) >= 11 is 0. The van der Waals surface area contributed by atoms with Gasteiger partial charge in [0.25, 0.3) is 5.91 Å². The Morgan fingerprint density at radius 2 is 2.28 bits per heavy atom. The minimum absolute atomic E-state index is 0.0252. The lowest BCUT2D eigenvalue weighted by Crippen LogP contribution is -2.35. The minimum Gasteiger partial charge on any atom is -0.482 e. The van der Waals surface area contributed by atoms with Gasteiger partial charge in [-0.05, 0) is 37.6 Å². The molecule has 5 nitrogen and oxygen atoms in total. The van der Waals surface area contributed by atoms with Crippen molar-refractivity contribution in [2.24, 2.45) is 5.73 Å². The first kappa shape index (κ1) is 12.7. The third-order valence-corrected chi connectivity index (χ3v) is 3.01. The molecule has 0 radical (unpaired) electrons. The van der Waals surface area contributed by atoms with Gasteiger partial charge in [-0.1, -0.05) is 0 Å². The summed E-state index contributed by atoms with van der Waals surface area (Å²) in [5, 5.41) is 3.32. The Balaban J connectivity index is 2.04. The maximum Gasteiger partial charge on any atom is 0.264 e. The van der Waals surface area contributed by atoms with Crippen LogP contribution in [-0.2, 0) is 4.79 Å². The van der Waals surface area contributed by atoms with Gasteiger partial charge >= 0.3 is 0 Å². The lowest BCUT2D eigenvalue weighted by atomic mass is 10.2. The molecule has 1 heterocycles. The summed E-state index contributed by atoms with van der Waals surface area (Å²) in [6.07, 6.45) is 2.05. The van der Waals surface area contributed by atoms with E-state index in [1.54, 1.807) is 11.9 Å². The van der Waals surface area contributed by atoms with Crippen LogP contribution in [0, 0.1) is 0 Å². The highest BCUT2D eigenvalue weighted by Crippen LogP contribution is 2.33. The fourth-order valence-corrected chi connectivity index (χ4v) is 1.88. The Morgan fingerprint density at radius 3 is 3.06 bits per heavy atom. The molecule has 2 rings (SSSR count). The molecule has 0 aromatic heterocycles. The molecule has 0 bridgehead atoms. The number of anilines is 2. The molecule has 98 valence electrons. The number of fused-ring (bicyclic) bond motifs is 1. The second-order valence-electron chi connectivity index (χ2n) is 4.35. The highest BCUT2D eigenvalue weighted by Gasteiger charge is 2.22. The van der Waals surface area contributed by atoms with Gasteiger partial charge in [-0.25, -0.2) is 0 Å². The van der Waals surface area contributed by atoms with Gasteiger partial charge in [0, 0.05) is 19.3 Å². The number of hydrogen-bond donors (Lipinski definition) is 2. The zero-order chi connectivity index (χ0) is 13.0. The maximum absolute atomic E-state index is 11.5. The number of benzene rings is 1. The van der Waals surface area contributed by atoms with Crippen molar-refractivity contribution in [3.8, 4) is 5.75 Å². The zero-order valence-electron chi connectivity index (χ0n) is 10.6. The topological polar surface area (TPSA) is 67.6 Å². The molecular weight excluding hydrogens is 230 g/mol. The van der Waals surface area contributed by atoms with Crippen LogP contribution in [0.25, 0.3) is 0 Å². The summed E-state index contributed by atoms with van der Waals surface area (Å²) in [6.45, 7) is 1.72. The third kappa shape index (κ3) is 2.73. The SMILES string of the molecule is CN1C(=O)COc2ccc(NCCCCN)cc21. The second-order valence-corrected chi connectivity index (χ2v) is 4.35. The van der Waals surface area contributed by atoms with Crippen LogP contribution >= 0.6 is 0 Å². The molecule has 1 amide bonds. The van der Waals surface area contributed by atoms with Crippen molar-refractivity contribution in [2.75, 3.05) is 37.0 Å². The summed E-state index contributed by atoms with van der Waals surface area (Å²) in [5.74, 6) is 0.729. The molecule has 0 spiro atoms. The number of likely N-dealkylation sites (N-methyl/N-ethyl adjacent to an activating group) is 1. The minimum atomic E-state index is -0.0252. The van der Waals surface area contributed by atoms with Crippen molar-refractivity contribution < 1.29 is 9.53 Å². The number of ether oxygens (including phenoxy) is 1. The Kier molecular flexibility index (Phi) is 4.04. The van der Waals surface area contributed by atoms with E-state index in [0.29, 0.717) is 0 Å². The van der Waals surface area contributed by atoms with Gasteiger partial charge in [0.1, 0.15) is 5.75 Å². The van der Waals surface area contributed by atoms with E-state index in [0.717, 1.165) is 43.1 Å². The molecule has 1 aliphatic heterocycles. The van der Waals surface area contributed by atoms with Crippen molar-refractivity contribution in [3.63, 3.8) is 0 Å². The van der Waals surface area contributed by atoms with E-state index in [4.69, 9.17) is 10.5 Å². The first-order valence-electron chi connectivity index (χ1n) is 6.19. The molecule has 1 aromatic rings. The van der Waals surface area contributed by atoms with E-state index in [1.807, 2.05) is 18.2 Å². The largest absolute Gasteiger partial charge is 0.482 e. The van der Waals surface area contributed by atoms with Crippen molar-refractivity contribution in [1.82, 2.24) is 0 Å². The number of nitrogens with one attached hydrogen (secondary N) is 1. The molecule has 1 aliphatic rings. The van der Waals surface area contributed by atoms with Crippen molar-refractivity contribution in [2.45, 2.75) is 12.8 Å². The van der Waals surface area contributed by atoms with Crippen LogP contribution in [0.3, 0.4) is 0 Å². The first-order chi connectivity index (χ1) is 8.72. The summed E-state index contributed by atoms with van der Waals surface area (Å²) in [7, 11) is 1.77. The Labute approximate surface area is 107 Å². The fraction of sp³-hybridized carbons (Fsp3) is 0.462. The van der Waals surface area contributed by atoms with Gasteiger partial charge in [0.15, 0.2) is 6.61 Å². The lowest BCUT2D eigenvalue weighted by Gasteiger charge is -2.26. The standard InChI is InChI=1S/C13H19N3O2/c1-16-11-8-10(15-7-3-2-6-14)4-5-12(11)18-9-13(16)17/h4-5,8,15H,2-3,6-7,9,14H2,1H3. The molecule has 0 fully saturated rings. The van der Waals surface area contributed by atoms with E-state index >= 15 is 0 Å².